The van der Waals surface area contributed by atoms with Crippen LogP contribution in [0.15, 0.2) is 36.6 Å². The van der Waals surface area contributed by atoms with Crippen molar-refractivity contribution in [3.8, 4) is 0 Å². The van der Waals surface area contributed by atoms with Gasteiger partial charge in [0.05, 0.1) is 23.8 Å². The summed E-state index contributed by atoms with van der Waals surface area (Å²) in [4.78, 5) is 28.7. The van der Waals surface area contributed by atoms with Gasteiger partial charge in [0.25, 0.3) is 11.8 Å². The molecular formula is C17H16Cl2N2O3. The van der Waals surface area contributed by atoms with E-state index in [0.717, 1.165) is 0 Å². The van der Waals surface area contributed by atoms with E-state index in [1.54, 1.807) is 18.2 Å². The van der Waals surface area contributed by atoms with Crippen molar-refractivity contribution in [2.45, 2.75) is 0 Å². The van der Waals surface area contributed by atoms with E-state index >= 15 is 0 Å². The van der Waals surface area contributed by atoms with Crippen molar-refractivity contribution in [3.63, 3.8) is 0 Å². The first-order chi connectivity index (χ1) is 11.5. The molecule has 2 aliphatic heterocycles. The number of carbonyl (C=O) groups is 2. The first-order valence-electron chi connectivity index (χ1n) is 7.54. The number of imide groups is 1. The minimum atomic E-state index is -0.370. The second-order valence-corrected chi connectivity index (χ2v) is 6.30. The normalized spacial score (nSPS) is 18.6. The predicted molar refractivity (Wildman–Crippen MR) is 92.7 cm³/mol. The maximum atomic E-state index is 12.8. The summed E-state index contributed by atoms with van der Waals surface area (Å²) in [5, 5.41) is 0.807. The highest BCUT2D eigenvalue weighted by molar-refractivity contribution is 6.41. The molecule has 2 amide bonds. The molecule has 0 radical (unpaired) electrons. The molecule has 0 aromatic heterocycles. The molecule has 2 aliphatic rings. The van der Waals surface area contributed by atoms with E-state index in [4.69, 9.17) is 27.9 Å². The number of amides is 2. The summed E-state index contributed by atoms with van der Waals surface area (Å²) >= 11 is 12.2. The number of morpholine rings is 1. The Labute approximate surface area is 150 Å². The molecule has 1 aromatic carbocycles. The van der Waals surface area contributed by atoms with Gasteiger partial charge in [0.2, 0.25) is 0 Å². The smallest absolute Gasteiger partial charge is 0.278 e. The van der Waals surface area contributed by atoms with Crippen LogP contribution in [0.2, 0.25) is 10.0 Å². The molecule has 0 saturated carbocycles. The Balaban J connectivity index is 2.13. The summed E-state index contributed by atoms with van der Waals surface area (Å²) in [7, 11) is 0. The summed E-state index contributed by atoms with van der Waals surface area (Å²) in [5.74, 6) is -0.701. The van der Waals surface area contributed by atoms with Gasteiger partial charge >= 0.3 is 0 Å². The predicted octanol–water partition coefficient (Wildman–Crippen LogP) is 2.59. The molecule has 0 N–H and O–H groups in total. The molecule has 2 heterocycles. The van der Waals surface area contributed by atoms with Crippen LogP contribution in [0.4, 0.5) is 0 Å². The highest BCUT2D eigenvalue weighted by Gasteiger charge is 2.41. The zero-order valence-electron chi connectivity index (χ0n) is 12.9. The lowest BCUT2D eigenvalue weighted by Gasteiger charge is -2.29. The van der Waals surface area contributed by atoms with Gasteiger partial charge in [0, 0.05) is 30.2 Å². The largest absolute Gasteiger partial charge is 0.378 e. The van der Waals surface area contributed by atoms with Crippen LogP contribution in [0, 0.1) is 0 Å². The van der Waals surface area contributed by atoms with Gasteiger partial charge in [0.15, 0.2) is 0 Å². The summed E-state index contributed by atoms with van der Waals surface area (Å²) in [6.45, 7) is 5.88. The van der Waals surface area contributed by atoms with Crippen LogP contribution in [0.1, 0.15) is 5.56 Å². The molecule has 24 heavy (non-hydrogen) atoms. The first kappa shape index (κ1) is 17.0. The Hall–Kier alpha value is -1.82. The van der Waals surface area contributed by atoms with Crippen molar-refractivity contribution in [2.24, 2.45) is 0 Å². The van der Waals surface area contributed by atoms with E-state index in [1.807, 2.05) is 4.90 Å². The fourth-order valence-corrected chi connectivity index (χ4v) is 3.38. The number of nitrogens with zero attached hydrogens (tertiary/aromatic N) is 2. The van der Waals surface area contributed by atoms with Gasteiger partial charge in [-0.25, -0.2) is 0 Å². The standard InChI is InChI=1S/C17H16Cl2N2O3/c1-2-5-21-16(22)14(12-4-3-11(18)10-13(12)19)15(17(21)23)20-6-8-24-9-7-20/h2-4,10H,1,5-9H2. The fraction of sp³-hybridized carbons (Fsp3) is 0.294. The van der Waals surface area contributed by atoms with E-state index in [2.05, 4.69) is 6.58 Å². The third kappa shape index (κ3) is 2.95. The average Bonchev–Trinajstić information content (AvgIpc) is 2.81. The molecule has 0 atom stereocenters. The van der Waals surface area contributed by atoms with Crippen molar-refractivity contribution >= 4 is 40.6 Å². The zero-order chi connectivity index (χ0) is 17.3. The lowest BCUT2D eigenvalue weighted by atomic mass is 10.0. The SMILES string of the molecule is C=CCN1C(=O)C(c2ccc(Cl)cc2Cl)=C(N2CCOCC2)C1=O. The lowest BCUT2D eigenvalue weighted by Crippen LogP contribution is -2.40. The maximum absolute atomic E-state index is 12.8. The van der Waals surface area contributed by atoms with Crippen LogP contribution in [0.5, 0.6) is 0 Å². The van der Waals surface area contributed by atoms with Crippen LogP contribution < -0.4 is 0 Å². The van der Waals surface area contributed by atoms with E-state index in [9.17, 15) is 9.59 Å². The van der Waals surface area contributed by atoms with Crippen molar-refractivity contribution in [1.82, 2.24) is 9.80 Å². The molecule has 5 nitrogen and oxygen atoms in total. The third-order valence-electron chi connectivity index (χ3n) is 3.98. The summed E-state index contributed by atoms with van der Waals surface area (Å²) < 4.78 is 5.34. The second kappa shape index (κ2) is 6.97. The molecule has 0 aliphatic carbocycles. The average molecular weight is 367 g/mol. The third-order valence-corrected chi connectivity index (χ3v) is 4.53. The fourth-order valence-electron chi connectivity index (χ4n) is 2.87. The van der Waals surface area contributed by atoms with E-state index in [-0.39, 0.29) is 18.4 Å². The number of benzene rings is 1. The van der Waals surface area contributed by atoms with Gasteiger partial charge in [-0.1, -0.05) is 35.3 Å². The maximum Gasteiger partial charge on any atom is 0.278 e. The van der Waals surface area contributed by atoms with Gasteiger partial charge < -0.3 is 9.64 Å². The van der Waals surface area contributed by atoms with Crippen molar-refractivity contribution in [2.75, 3.05) is 32.8 Å². The van der Waals surface area contributed by atoms with Crippen molar-refractivity contribution in [3.05, 3.63) is 52.2 Å². The number of hydrogen-bond donors (Lipinski definition) is 0. The quantitative estimate of drug-likeness (QED) is 0.606. The Morgan fingerprint density at radius 2 is 1.88 bits per heavy atom. The van der Waals surface area contributed by atoms with Crippen LogP contribution >= 0.6 is 23.2 Å². The highest BCUT2D eigenvalue weighted by Crippen LogP contribution is 2.36. The number of ether oxygens (including phenoxy) is 1. The number of carbonyl (C=O) groups excluding carboxylic acids is 2. The van der Waals surface area contributed by atoms with Gasteiger partial charge in [-0.05, 0) is 12.1 Å². The lowest BCUT2D eigenvalue weighted by molar-refractivity contribution is -0.137. The Bertz CT molecular complexity index is 739. The summed E-state index contributed by atoms with van der Waals surface area (Å²) in [5.41, 5.74) is 1.19. The van der Waals surface area contributed by atoms with Gasteiger partial charge in [-0.15, -0.1) is 6.58 Å². The zero-order valence-corrected chi connectivity index (χ0v) is 14.4. The number of rotatable bonds is 4. The molecule has 126 valence electrons. The molecule has 1 saturated heterocycles. The van der Waals surface area contributed by atoms with E-state index in [0.29, 0.717) is 53.2 Å². The Morgan fingerprint density at radius 1 is 1.17 bits per heavy atom. The molecular weight excluding hydrogens is 351 g/mol. The van der Waals surface area contributed by atoms with Gasteiger partial charge in [-0.3, -0.25) is 14.5 Å². The molecule has 1 aromatic rings. The number of hydrogen-bond acceptors (Lipinski definition) is 4. The first-order valence-corrected chi connectivity index (χ1v) is 8.29. The van der Waals surface area contributed by atoms with Crippen LogP contribution in [-0.2, 0) is 14.3 Å². The topological polar surface area (TPSA) is 49.9 Å². The molecule has 0 bridgehead atoms. The minimum absolute atomic E-state index is 0.153. The molecule has 0 spiro atoms. The molecule has 7 heteroatoms. The van der Waals surface area contributed by atoms with Crippen molar-refractivity contribution in [1.29, 1.82) is 0 Å². The molecule has 3 rings (SSSR count). The monoisotopic (exact) mass is 366 g/mol. The second-order valence-electron chi connectivity index (χ2n) is 5.46. The van der Waals surface area contributed by atoms with Crippen molar-refractivity contribution < 1.29 is 14.3 Å². The Morgan fingerprint density at radius 3 is 2.50 bits per heavy atom. The van der Waals surface area contributed by atoms with Crippen LogP contribution in [0.3, 0.4) is 0 Å². The highest BCUT2D eigenvalue weighted by atomic mass is 35.5. The molecule has 1 fully saturated rings. The van der Waals surface area contributed by atoms with E-state index in [1.165, 1.54) is 11.0 Å². The molecule has 0 unspecified atom stereocenters. The van der Waals surface area contributed by atoms with Crippen LogP contribution in [-0.4, -0.2) is 54.5 Å². The summed E-state index contributed by atoms with van der Waals surface area (Å²) in [6.07, 6.45) is 1.53. The van der Waals surface area contributed by atoms with Gasteiger partial charge in [-0.2, -0.15) is 0 Å². The number of halogens is 2. The van der Waals surface area contributed by atoms with Gasteiger partial charge in [0.1, 0.15) is 5.70 Å². The van der Waals surface area contributed by atoms with Crippen LogP contribution in [0.25, 0.3) is 5.57 Å². The minimum Gasteiger partial charge on any atom is -0.378 e. The Kier molecular flexibility index (Phi) is 4.94. The van der Waals surface area contributed by atoms with E-state index < -0.39 is 0 Å². The summed E-state index contributed by atoms with van der Waals surface area (Å²) in [6, 6.07) is 4.89.